The summed E-state index contributed by atoms with van der Waals surface area (Å²) in [5, 5.41) is 12.7. The monoisotopic (exact) mass is 299 g/mol. The third-order valence-corrected chi connectivity index (χ3v) is 4.52. The van der Waals surface area contributed by atoms with Gasteiger partial charge in [0.2, 0.25) is 5.91 Å². The van der Waals surface area contributed by atoms with Gasteiger partial charge in [0, 0.05) is 17.8 Å². The van der Waals surface area contributed by atoms with Gasteiger partial charge in [-0.25, -0.2) is 0 Å². The van der Waals surface area contributed by atoms with Crippen LogP contribution < -0.4 is 5.32 Å². The molecule has 0 fully saturated rings. The summed E-state index contributed by atoms with van der Waals surface area (Å²) in [5.74, 6) is -0.0187. The first-order valence-corrected chi connectivity index (χ1v) is 7.72. The van der Waals surface area contributed by atoms with Crippen LogP contribution in [-0.2, 0) is 4.79 Å². The maximum atomic E-state index is 11.8. The number of hydrogen-bond acceptors (Lipinski definition) is 3. The highest BCUT2D eigenvalue weighted by atomic mass is 35.5. The summed E-state index contributed by atoms with van der Waals surface area (Å²) in [7, 11) is 0. The Kier molecular flexibility index (Phi) is 5.43. The third-order valence-electron chi connectivity index (χ3n) is 3.19. The van der Waals surface area contributed by atoms with E-state index < -0.39 is 6.10 Å². The number of nitrogens with one attached hydrogen (secondary N) is 1. The van der Waals surface area contributed by atoms with Gasteiger partial charge in [0.1, 0.15) is 6.10 Å². The minimum atomic E-state index is -0.679. The first kappa shape index (κ1) is 14.6. The Morgan fingerprint density at radius 1 is 1.47 bits per heavy atom. The number of rotatable bonds is 5. The molecular formula is C14H18ClNO2S. The Bertz CT molecular complexity index is 470. The van der Waals surface area contributed by atoms with Crippen LogP contribution in [0.25, 0.3) is 0 Å². The zero-order valence-corrected chi connectivity index (χ0v) is 12.3. The highest BCUT2D eigenvalue weighted by molar-refractivity contribution is 7.16. The normalized spacial score (nSPS) is 16.8. The first-order valence-electron chi connectivity index (χ1n) is 6.53. The minimum absolute atomic E-state index is 0.0187. The molecule has 1 heterocycles. The molecule has 1 aromatic rings. The fourth-order valence-corrected chi connectivity index (χ4v) is 3.20. The van der Waals surface area contributed by atoms with E-state index in [4.69, 9.17) is 11.6 Å². The van der Waals surface area contributed by atoms with Gasteiger partial charge >= 0.3 is 0 Å². The van der Waals surface area contributed by atoms with E-state index in [1.54, 1.807) is 12.1 Å². The molecule has 3 nitrogen and oxygen atoms in total. The molecule has 0 bridgehead atoms. The molecular weight excluding hydrogens is 282 g/mol. The number of hydrogen-bond donors (Lipinski definition) is 2. The summed E-state index contributed by atoms with van der Waals surface area (Å²) in [6.45, 7) is 0.239. The van der Waals surface area contributed by atoms with Gasteiger partial charge in [0.25, 0.3) is 0 Å². The van der Waals surface area contributed by atoms with E-state index >= 15 is 0 Å². The maximum Gasteiger partial charge on any atom is 0.224 e. The lowest BCUT2D eigenvalue weighted by Gasteiger charge is -2.14. The summed E-state index contributed by atoms with van der Waals surface area (Å²) in [6.07, 6.45) is 6.45. The van der Waals surface area contributed by atoms with Crippen LogP contribution >= 0.6 is 22.9 Å². The summed E-state index contributed by atoms with van der Waals surface area (Å²) in [6, 6.07) is 3.53. The van der Waals surface area contributed by atoms with Gasteiger partial charge in [-0.05, 0) is 37.8 Å². The van der Waals surface area contributed by atoms with E-state index in [-0.39, 0.29) is 12.5 Å². The standard InChI is InChI=1S/C14H18ClNO2S/c15-13-7-6-12(19-13)11(17)9-16-14(18)8-10-4-2-1-3-5-10/h4,6-7,11,17H,1-3,5,8-9H2,(H,16,18). The van der Waals surface area contributed by atoms with Crippen molar-refractivity contribution >= 4 is 28.8 Å². The molecule has 0 saturated carbocycles. The lowest BCUT2D eigenvalue weighted by molar-refractivity contribution is -0.120. The lowest BCUT2D eigenvalue weighted by atomic mass is 9.97. The van der Waals surface area contributed by atoms with Crippen LogP contribution in [0.15, 0.2) is 23.8 Å². The van der Waals surface area contributed by atoms with Crippen LogP contribution in [0.3, 0.4) is 0 Å². The number of carbonyl (C=O) groups excluding carboxylic acids is 1. The van der Waals surface area contributed by atoms with Gasteiger partial charge in [-0.2, -0.15) is 0 Å². The Morgan fingerprint density at radius 2 is 2.32 bits per heavy atom. The van der Waals surface area contributed by atoms with E-state index in [1.807, 2.05) is 0 Å². The molecule has 1 aromatic heterocycles. The van der Waals surface area contributed by atoms with Gasteiger partial charge < -0.3 is 10.4 Å². The average Bonchev–Trinajstić information content (AvgIpc) is 2.84. The highest BCUT2D eigenvalue weighted by Gasteiger charge is 2.13. The van der Waals surface area contributed by atoms with Crippen molar-refractivity contribution in [2.45, 2.75) is 38.2 Å². The molecule has 1 amide bonds. The van der Waals surface area contributed by atoms with Crippen molar-refractivity contribution < 1.29 is 9.90 Å². The van der Waals surface area contributed by atoms with Crippen molar-refractivity contribution in [1.29, 1.82) is 0 Å². The van der Waals surface area contributed by atoms with Gasteiger partial charge in [-0.1, -0.05) is 23.3 Å². The molecule has 0 aliphatic heterocycles. The Hall–Kier alpha value is -0.840. The average molecular weight is 300 g/mol. The minimum Gasteiger partial charge on any atom is -0.386 e. The van der Waals surface area contributed by atoms with Crippen molar-refractivity contribution in [2.24, 2.45) is 0 Å². The topological polar surface area (TPSA) is 49.3 Å². The molecule has 19 heavy (non-hydrogen) atoms. The third kappa shape index (κ3) is 4.64. The van der Waals surface area contributed by atoms with Crippen molar-refractivity contribution in [3.63, 3.8) is 0 Å². The SMILES string of the molecule is O=C(CC1=CCCCC1)NCC(O)c1ccc(Cl)s1. The molecule has 2 rings (SSSR count). The summed E-state index contributed by atoms with van der Waals surface area (Å²) < 4.78 is 0.646. The number of allylic oxidation sites excluding steroid dienone is 1. The first-order chi connectivity index (χ1) is 9.15. The van der Waals surface area contributed by atoms with E-state index in [1.165, 1.54) is 29.8 Å². The number of halogens is 1. The molecule has 0 saturated heterocycles. The molecule has 2 N–H and O–H groups in total. The molecule has 104 valence electrons. The van der Waals surface area contributed by atoms with Gasteiger partial charge in [0.05, 0.1) is 4.34 Å². The van der Waals surface area contributed by atoms with E-state index in [0.29, 0.717) is 10.8 Å². The predicted molar refractivity (Wildman–Crippen MR) is 78.5 cm³/mol. The van der Waals surface area contributed by atoms with Gasteiger partial charge in [-0.15, -0.1) is 11.3 Å². The van der Waals surface area contributed by atoms with Crippen LogP contribution in [0.2, 0.25) is 4.34 Å². The van der Waals surface area contributed by atoms with Crippen LogP contribution in [0.1, 0.15) is 43.1 Å². The smallest absolute Gasteiger partial charge is 0.224 e. The molecule has 1 aliphatic rings. The Labute approximate surface area is 122 Å². The fourth-order valence-electron chi connectivity index (χ4n) is 2.15. The number of carbonyl (C=O) groups is 1. The zero-order chi connectivity index (χ0) is 13.7. The van der Waals surface area contributed by atoms with E-state index in [2.05, 4.69) is 11.4 Å². The second kappa shape index (κ2) is 7.08. The summed E-state index contributed by atoms with van der Waals surface area (Å²) in [4.78, 5) is 12.5. The van der Waals surface area contributed by atoms with Crippen molar-refractivity contribution in [3.8, 4) is 0 Å². The molecule has 1 aliphatic carbocycles. The van der Waals surface area contributed by atoms with Crippen molar-refractivity contribution in [1.82, 2.24) is 5.32 Å². The number of aliphatic hydroxyl groups excluding tert-OH is 1. The van der Waals surface area contributed by atoms with Crippen LogP contribution in [0.4, 0.5) is 0 Å². The number of thiophene rings is 1. The Morgan fingerprint density at radius 3 is 2.95 bits per heavy atom. The van der Waals surface area contributed by atoms with E-state index in [9.17, 15) is 9.90 Å². The predicted octanol–water partition coefficient (Wildman–Crippen LogP) is 3.44. The summed E-state index contributed by atoms with van der Waals surface area (Å²) >= 11 is 7.14. The largest absolute Gasteiger partial charge is 0.386 e. The quantitative estimate of drug-likeness (QED) is 0.818. The molecule has 1 unspecified atom stereocenters. The molecule has 0 aromatic carbocycles. The highest BCUT2D eigenvalue weighted by Crippen LogP contribution is 2.26. The number of amides is 1. The maximum absolute atomic E-state index is 11.8. The van der Waals surface area contributed by atoms with Crippen LogP contribution in [0.5, 0.6) is 0 Å². The molecule has 0 spiro atoms. The molecule has 0 radical (unpaired) electrons. The van der Waals surface area contributed by atoms with Gasteiger partial charge in [0.15, 0.2) is 0 Å². The number of aliphatic hydroxyl groups is 1. The fraction of sp³-hybridized carbons (Fsp3) is 0.500. The Balaban J connectivity index is 1.75. The van der Waals surface area contributed by atoms with Gasteiger partial charge in [-0.3, -0.25) is 4.79 Å². The zero-order valence-electron chi connectivity index (χ0n) is 10.7. The van der Waals surface area contributed by atoms with Crippen LogP contribution in [-0.4, -0.2) is 17.6 Å². The summed E-state index contributed by atoms with van der Waals surface area (Å²) in [5.41, 5.74) is 1.22. The molecule has 5 heteroatoms. The second-order valence-corrected chi connectivity index (χ2v) is 6.49. The second-order valence-electron chi connectivity index (χ2n) is 4.75. The molecule has 1 atom stereocenters. The van der Waals surface area contributed by atoms with Crippen molar-refractivity contribution in [2.75, 3.05) is 6.54 Å². The van der Waals surface area contributed by atoms with Crippen LogP contribution in [0, 0.1) is 0 Å². The van der Waals surface area contributed by atoms with Crippen molar-refractivity contribution in [3.05, 3.63) is 33.0 Å². The lowest BCUT2D eigenvalue weighted by Crippen LogP contribution is -2.28. The van der Waals surface area contributed by atoms with E-state index in [0.717, 1.165) is 17.7 Å².